The van der Waals surface area contributed by atoms with Crippen LogP contribution in [0.2, 0.25) is 0 Å². The molecule has 0 unspecified atom stereocenters. The van der Waals surface area contributed by atoms with E-state index >= 15 is 0 Å². The summed E-state index contributed by atoms with van der Waals surface area (Å²) in [7, 11) is 3.12. The Bertz CT molecular complexity index is 651. The van der Waals surface area contributed by atoms with Gasteiger partial charge in [0.15, 0.2) is 0 Å². The third-order valence-electron chi connectivity index (χ3n) is 3.13. The Labute approximate surface area is 147 Å². The molecular formula is C19H18FeO3. The molecule has 0 saturated heterocycles. The molecule has 23 heavy (non-hydrogen) atoms. The van der Waals surface area contributed by atoms with Gasteiger partial charge < -0.3 is 14.6 Å². The summed E-state index contributed by atoms with van der Waals surface area (Å²) in [4.78, 5) is 0. The van der Waals surface area contributed by atoms with Gasteiger partial charge in [0.25, 0.3) is 0 Å². The van der Waals surface area contributed by atoms with Crippen LogP contribution in [0.25, 0.3) is 5.76 Å². The molecule has 4 heteroatoms. The molecule has 1 aliphatic rings. The molecule has 0 aliphatic heterocycles. The SMILES string of the molecule is COc1ccc(C([O-])=C2C=CC=C2)c(OC)c1.[Fe+2].c1cc[cH-]c1. The second-order valence-electron chi connectivity index (χ2n) is 4.53. The summed E-state index contributed by atoms with van der Waals surface area (Å²) in [6.07, 6.45) is 7.24. The van der Waals surface area contributed by atoms with Gasteiger partial charge in [-0.15, -0.1) is 0 Å². The molecule has 0 N–H and O–H groups in total. The van der Waals surface area contributed by atoms with Gasteiger partial charge in [0.2, 0.25) is 0 Å². The van der Waals surface area contributed by atoms with Crippen LogP contribution in [-0.4, -0.2) is 14.2 Å². The molecule has 2 aromatic rings. The van der Waals surface area contributed by atoms with E-state index < -0.39 is 0 Å². The first kappa shape index (κ1) is 18.8. The molecular weight excluding hydrogens is 332 g/mol. The average Bonchev–Trinajstić information content (AvgIpc) is 3.28. The van der Waals surface area contributed by atoms with E-state index in [0.717, 1.165) is 0 Å². The van der Waals surface area contributed by atoms with Gasteiger partial charge in [-0.3, -0.25) is 0 Å². The number of ether oxygens (including phenoxy) is 2. The van der Waals surface area contributed by atoms with Crippen LogP contribution in [0, 0.1) is 0 Å². The van der Waals surface area contributed by atoms with Gasteiger partial charge in [0, 0.05) is 11.6 Å². The molecule has 3 rings (SSSR count). The van der Waals surface area contributed by atoms with Gasteiger partial charge in [-0.1, -0.05) is 30.1 Å². The summed E-state index contributed by atoms with van der Waals surface area (Å²) in [5.74, 6) is 1.14. The Morgan fingerprint density at radius 3 is 2.13 bits per heavy atom. The van der Waals surface area contributed by atoms with Crippen molar-refractivity contribution in [2.24, 2.45) is 0 Å². The minimum atomic E-state index is -0.0468. The third kappa shape index (κ3) is 5.13. The first-order chi connectivity index (χ1) is 10.8. The molecule has 0 heterocycles. The number of hydrogen-bond donors (Lipinski definition) is 0. The van der Waals surface area contributed by atoms with E-state index in [1.54, 1.807) is 37.5 Å². The van der Waals surface area contributed by atoms with Gasteiger partial charge in [0.1, 0.15) is 11.5 Å². The van der Waals surface area contributed by atoms with E-state index in [1.165, 1.54) is 7.11 Å². The molecule has 120 valence electrons. The molecule has 0 bridgehead atoms. The van der Waals surface area contributed by atoms with Crippen molar-refractivity contribution in [3.63, 3.8) is 0 Å². The van der Waals surface area contributed by atoms with Gasteiger partial charge in [-0.2, -0.15) is 18.2 Å². The number of rotatable bonds is 3. The Morgan fingerprint density at radius 2 is 1.65 bits per heavy atom. The van der Waals surface area contributed by atoms with Crippen LogP contribution in [0.1, 0.15) is 5.56 Å². The Balaban J connectivity index is 0.000000377. The van der Waals surface area contributed by atoms with Gasteiger partial charge >= 0.3 is 17.1 Å². The maximum atomic E-state index is 12.2. The second kappa shape index (κ2) is 9.67. The van der Waals surface area contributed by atoms with Crippen LogP contribution in [-0.2, 0) is 17.1 Å². The van der Waals surface area contributed by atoms with Crippen molar-refractivity contribution < 1.29 is 31.6 Å². The molecule has 3 nitrogen and oxygen atoms in total. The fourth-order valence-electron chi connectivity index (χ4n) is 1.99. The Kier molecular flexibility index (Phi) is 7.89. The summed E-state index contributed by atoms with van der Waals surface area (Å²) >= 11 is 0. The quantitative estimate of drug-likeness (QED) is 0.485. The number of allylic oxidation sites excluding steroid dienone is 5. The predicted molar refractivity (Wildman–Crippen MR) is 86.8 cm³/mol. The molecule has 0 radical (unpaired) electrons. The zero-order valence-electron chi connectivity index (χ0n) is 13.0. The van der Waals surface area contributed by atoms with E-state index in [9.17, 15) is 5.11 Å². The third-order valence-corrected chi connectivity index (χ3v) is 3.13. The molecule has 0 fully saturated rings. The van der Waals surface area contributed by atoms with Crippen molar-refractivity contribution in [1.29, 1.82) is 0 Å². The van der Waals surface area contributed by atoms with E-state index in [0.29, 0.717) is 22.6 Å². The minimum absolute atomic E-state index is 0. The molecule has 0 atom stereocenters. The second-order valence-corrected chi connectivity index (χ2v) is 4.53. The fourth-order valence-corrected chi connectivity index (χ4v) is 1.99. The largest absolute Gasteiger partial charge is 2.00 e. The first-order valence-corrected chi connectivity index (χ1v) is 6.91. The number of hydrogen-bond acceptors (Lipinski definition) is 3. The summed E-state index contributed by atoms with van der Waals surface area (Å²) in [5.41, 5.74) is 1.20. The van der Waals surface area contributed by atoms with Crippen molar-refractivity contribution in [2.45, 2.75) is 0 Å². The predicted octanol–water partition coefficient (Wildman–Crippen LogP) is 3.30. The first-order valence-electron chi connectivity index (χ1n) is 6.91. The van der Waals surface area contributed by atoms with Gasteiger partial charge in [-0.05, 0) is 17.7 Å². The van der Waals surface area contributed by atoms with Crippen molar-refractivity contribution in [3.05, 3.63) is 84.0 Å². The molecule has 2 aromatic carbocycles. The number of benzene rings is 1. The van der Waals surface area contributed by atoms with Crippen molar-refractivity contribution in [1.82, 2.24) is 0 Å². The standard InChI is InChI=1S/C14H14O3.C5H5.Fe/c1-16-11-7-8-12(13(9-11)17-2)14(15)10-5-3-4-6-10;1-2-4-5-3-1;/h3-9,15H,1-2H3;1-5H;/q;-1;+2/p-1. The van der Waals surface area contributed by atoms with E-state index in [4.69, 9.17) is 9.47 Å². The minimum Gasteiger partial charge on any atom is -0.872 e. The molecule has 1 aliphatic carbocycles. The average molecular weight is 350 g/mol. The normalized spacial score (nSPS) is 11.3. The van der Waals surface area contributed by atoms with Gasteiger partial charge in [-0.25, -0.2) is 12.1 Å². The summed E-state index contributed by atoms with van der Waals surface area (Å²) in [6.45, 7) is 0. The monoisotopic (exact) mass is 350 g/mol. The maximum absolute atomic E-state index is 12.2. The van der Waals surface area contributed by atoms with Crippen molar-refractivity contribution in [3.8, 4) is 11.5 Å². The van der Waals surface area contributed by atoms with Crippen LogP contribution < -0.4 is 14.6 Å². The number of methoxy groups -OCH3 is 2. The summed E-state index contributed by atoms with van der Waals surface area (Å²) in [5, 5.41) is 12.2. The molecule has 0 spiro atoms. The smallest absolute Gasteiger partial charge is 0.872 e. The van der Waals surface area contributed by atoms with Crippen molar-refractivity contribution in [2.75, 3.05) is 14.2 Å². The summed E-state index contributed by atoms with van der Waals surface area (Å²) < 4.78 is 10.3. The molecule has 0 aromatic heterocycles. The topological polar surface area (TPSA) is 41.5 Å². The zero-order valence-corrected chi connectivity index (χ0v) is 14.1. The van der Waals surface area contributed by atoms with E-state index in [2.05, 4.69) is 0 Å². The Hall–Kier alpha value is -2.29. The van der Waals surface area contributed by atoms with Crippen LogP contribution in [0.4, 0.5) is 0 Å². The van der Waals surface area contributed by atoms with Crippen LogP contribution >= 0.6 is 0 Å². The zero-order chi connectivity index (χ0) is 15.8. The van der Waals surface area contributed by atoms with Crippen LogP contribution in [0.15, 0.2) is 78.4 Å². The van der Waals surface area contributed by atoms with Gasteiger partial charge in [0.05, 0.1) is 14.2 Å². The van der Waals surface area contributed by atoms with E-state index in [1.807, 2.05) is 42.5 Å². The van der Waals surface area contributed by atoms with E-state index in [-0.39, 0.29) is 22.8 Å². The van der Waals surface area contributed by atoms with Crippen LogP contribution in [0.5, 0.6) is 11.5 Å². The fraction of sp³-hybridized carbons (Fsp3) is 0.105. The van der Waals surface area contributed by atoms with Crippen molar-refractivity contribution >= 4 is 5.76 Å². The maximum Gasteiger partial charge on any atom is 2.00 e. The molecule has 0 amide bonds. The van der Waals surface area contributed by atoms with Crippen LogP contribution in [0.3, 0.4) is 0 Å². The summed E-state index contributed by atoms with van der Waals surface area (Å²) in [6, 6.07) is 15.2. The Morgan fingerprint density at radius 1 is 1.00 bits per heavy atom. The molecule has 0 saturated carbocycles.